The van der Waals surface area contributed by atoms with Crippen molar-refractivity contribution in [1.29, 1.82) is 0 Å². The van der Waals surface area contributed by atoms with Gasteiger partial charge in [-0.05, 0) is 30.2 Å². The van der Waals surface area contributed by atoms with Crippen molar-refractivity contribution in [3.8, 4) is 17.0 Å². The van der Waals surface area contributed by atoms with Gasteiger partial charge in [-0.15, -0.1) is 0 Å². The fraction of sp³-hybridized carbons (Fsp3) is 0.400. The normalized spacial score (nSPS) is 9.58. The fourth-order valence-corrected chi connectivity index (χ4v) is 2.05. The van der Waals surface area contributed by atoms with E-state index in [2.05, 4.69) is 4.98 Å². The minimum Gasteiger partial charge on any atom is -0.493 e. The molecule has 0 radical (unpaired) electrons. The van der Waals surface area contributed by atoms with Gasteiger partial charge in [0.15, 0.2) is 0 Å². The summed E-state index contributed by atoms with van der Waals surface area (Å²) < 4.78 is 19.2. The number of benzene rings is 1. The van der Waals surface area contributed by atoms with E-state index in [-0.39, 0.29) is 10.7 Å². The number of carboxylic acids is 1. The molecule has 0 bridgehead atoms. The minimum absolute atomic E-state index is 0.0990. The Bertz CT molecular complexity index is 705. The Hall–Kier alpha value is -2.14. The Morgan fingerprint density at radius 3 is 2.31 bits per heavy atom. The lowest BCUT2D eigenvalue weighted by molar-refractivity contribution is 0.0696. The van der Waals surface area contributed by atoms with Crippen LogP contribution in [0.1, 0.15) is 51.9 Å². The first-order valence-electron chi connectivity index (χ1n) is 8.70. The third kappa shape index (κ3) is 7.40. The summed E-state index contributed by atoms with van der Waals surface area (Å²) in [5, 5.41) is 8.79. The van der Waals surface area contributed by atoms with Crippen molar-refractivity contribution in [1.82, 2.24) is 4.98 Å². The van der Waals surface area contributed by atoms with Gasteiger partial charge in [0.05, 0.1) is 17.9 Å². The van der Waals surface area contributed by atoms with E-state index in [1.54, 1.807) is 6.07 Å². The number of rotatable bonds is 5. The molecule has 0 saturated carbocycles. The molecule has 2 rings (SSSR count). The van der Waals surface area contributed by atoms with Gasteiger partial charge in [-0.1, -0.05) is 53.1 Å². The SMILES string of the molecule is CC.CC.CC(C)COc1cc(F)cc(-c2ccc(C(=O)O)c(Cl)n2)c1. The number of halogens is 2. The van der Waals surface area contributed by atoms with Gasteiger partial charge in [0.25, 0.3) is 0 Å². The average Bonchev–Trinajstić information content (AvgIpc) is 2.62. The summed E-state index contributed by atoms with van der Waals surface area (Å²) in [6, 6.07) is 7.05. The lowest BCUT2D eigenvalue weighted by atomic mass is 10.1. The largest absolute Gasteiger partial charge is 0.493 e. The highest BCUT2D eigenvalue weighted by atomic mass is 35.5. The fourth-order valence-electron chi connectivity index (χ4n) is 1.81. The second-order valence-electron chi connectivity index (χ2n) is 5.22. The van der Waals surface area contributed by atoms with Crippen molar-refractivity contribution < 1.29 is 19.0 Å². The smallest absolute Gasteiger partial charge is 0.338 e. The summed E-state index contributed by atoms with van der Waals surface area (Å²) in [6.07, 6.45) is 0. The first-order valence-corrected chi connectivity index (χ1v) is 9.08. The number of aromatic carboxylic acids is 1. The predicted octanol–water partition coefficient (Wildman–Crippen LogP) is 6.33. The van der Waals surface area contributed by atoms with Gasteiger partial charge in [-0.2, -0.15) is 0 Å². The molecule has 4 nitrogen and oxygen atoms in total. The molecule has 0 spiro atoms. The van der Waals surface area contributed by atoms with Crippen molar-refractivity contribution in [2.24, 2.45) is 5.92 Å². The van der Waals surface area contributed by atoms with E-state index in [4.69, 9.17) is 21.4 Å². The van der Waals surface area contributed by atoms with Crippen molar-refractivity contribution in [2.45, 2.75) is 41.5 Å². The van der Waals surface area contributed by atoms with Crippen LogP contribution in [0.5, 0.6) is 5.75 Å². The number of ether oxygens (including phenoxy) is 1. The summed E-state index contributed by atoms with van der Waals surface area (Å²) in [4.78, 5) is 14.9. The predicted molar refractivity (Wildman–Crippen MR) is 105 cm³/mol. The van der Waals surface area contributed by atoms with Crippen LogP contribution in [0.2, 0.25) is 5.15 Å². The van der Waals surface area contributed by atoms with Gasteiger partial charge in [-0.3, -0.25) is 0 Å². The van der Waals surface area contributed by atoms with Gasteiger partial charge < -0.3 is 9.84 Å². The second kappa shape index (κ2) is 12.3. The molecule has 0 amide bonds. The molecule has 0 unspecified atom stereocenters. The Labute approximate surface area is 160 Å². The van der Waals surface area contributed by atoms with Crippen LogP contribution in [0, 0.1) is 11.7 Å². The number of pyridine rings is 1. The minimum atomic E-state index is -1.16. The quantitative estimate of drug-likeness (QED) is 0.613. The molecule has 0 atom stereocenters. The first-order chi connectivity index (χ1) is 12.4. The van der Waals surface area contributed by atoms with E-state index in [0.717, 1.165) is 0 Å². The van der Waals surface area contributed by atoms with E-state index in [1.807, 2.05) is 41.5 Å². The van der Waals surface area contributed by atoms with E-state index in [1.165, 1.54) is 24.3 Å². The molecule has 1 aromatic heterocycles. The molecule has 6 heteroatoms. The summed E-state index contributed by atoms with van der Waals surface area (Å²) >= 11 is 5.84. The number of carbonyl (C=O) groups is 1. The molecule has 0 aliphatic heterocycles. The van der Waals surface area contributed by atoms with E-state index in [9.17, 15) is 9.18 Å². The zero-order valence-electron chi connectivity index (χ0n) is 16.1. The summed E-state index contributed by atoms with van der Waals surface area (Å²) in [5.74, 6) is -0.918. The second-order valence-corrected chi connectivity index (χ2v) is 5.58. The van der Waals surface area contributed by atoms with Crippen molar-refractivity contribution in [3.05, 3.63) is 46.9 Å². The van der Waals surface area contributed by atoms with Crippen LogP contribution in [0.4, 0.5) is 4.39 Å². The molecule has 0 saturated heterocycles. The van der Waals surface area contributed by atoms with Crippen LogP contribution in [-0.2, 0) is 0 Å². The highest BCUT2D eigenvalue weighted by Gasteiger charge is 2.12. The van der Waals surface area contributed by atoms with Crippen molar-refractivity contribution in [2.75, 3.05) is 6.61 Å². The molecule has 1 N–H and O–H groups in total. The number of aromatic nitrogens is 1. The molecule has 144 valence electrons. The van der Waals surface area contributed by atoms with E-state index >= 15 is 0 Å². The molecule has 1 heterocycles. The standard InChI is InChI=1S/C16H15ClFNO3.2C2H6/c1-9(2)8-22-12-6-10(5-11(18)7-12)14-4-3-13(16(20)21)15(17)19-14;2*1-2/h3-7,9H,8H2,1-2H3,(H,20,21);2*1-2H3. The Balaban J connectivity index is 0.00000146. The average molecular weight is 384 g/mol. The summed E-state index contributed by atoms with van der Waals surface area (Å²) in [6.45, 7) is 12.5. The van der Waals surface area contributed by atoms with Crippen LogP contribution >= 0.6 is 11.6 Å². The maximum Gasteiger partial charge on any atom is 0.338 e. The van der Waals surface area contributed by atoms with Gasteiger partial charge in [0, 0.05) is 11.6 Å². The lowest BCUT2D eigenvalue weighted by Gasteiger charge is -2.11. The monoisotopic (exact) mass is 383 g/mol. The maximum atomic E-state index is 13.7. The maximum absolute atomic E-state index is 13.7. The molecule has 0 fully saturated rings. The topological polar surface area (TPSA) is 59.4 Å². The Morgan fingerprint density at radius 1 is 1.19 bits per heavy atom. The van der Waals surface area contributed by atoms with Crippen LogP contribution in [-0.4, -0.2) is 22.7 Å². The number of nitrogens with zero attached hydrogens (tertiary/aromatic N) is 1. The Kier molecular flexibility index (Phi) is 11.2. The highest BCUT2D eigenvalue weighted by Crippen LogP contribution is 2.27. The van der Waals surface area contributed by atoms with Crippen LogP contribution in [0.3, 0.4) is 0 Å². The number of carboxylic acid groups (broad SMARTS) is 1. The molecule has 2 aromatic rings. The van der Waals surface area contributed by atoms with Crippen molar-refractivity contribution in [3.63, 3.8) is 0 Å². The number of hydrogen-bond acceptors (Lipinski definition) is 3. The van der Waals surface area contributed by atoms with E-state index in [0.29, 0.717) is 29.5 Å². The van der Waals surface area contributed by atoms with Gasteiger partial charge >= 0.3 is 5.97 Å². The third-order valence-electron chi connectivity index (χ3n) is 2.83. The number of hydrogen-bond donors (Lipinski definition) is 1. The summed E-state index contributed by atoms with van der Waals surface area (Å²) in [7, 11) is 0. The van der Waals surface area contributed by atoms with Gasteiger partial charge in [0.2, 0.25) is 0 Å². The lowest BCUT2D eigenvalue weighted by Crippen LogP contribution is -2.05. The molecule has 0 aliphatic rings. The molecule has 0 aliphatic carbocycles. The van der Waals surface area contributed by atoms with Crippen LogP contribution in [0.15, 0.2) is 30.3 Å². The van der Waals surface area contributed by atoms with E-state index < -0.39 is 11.8 Å². The van der Waals surface area contributed by atoms with Crippen LogP contribution < -0.4 is 4.74 Å². The van der Waals surface area contributed by atoms with Crippen molar-refractivity contribution >= 4 is 17.6 Å². The summed E-state index contributed by atoms with van der Waals surface area (Å²) in [5.41, 5.74) is 0.750. The molecule has 26 heavy (non-hydrogen) atoms. The van der Waals surface area contributed by atoms with Crippen LogP contribution in [0.25, 0.3) is 11.3 Å². The van der Waals surface area contributed by atoms with Gasteiger partial charge in [-0.25, -0.2) is 14.2 Å². The molecule has 1 aromatic carbocycles. The first kappa shape index (κ1) is 23.9. The van der Waals surface area contributed by atoms with Gasteiger partial charge in [0.1, 0.15) is 16.7 Å². The molecular weight excluding hydrogens is 357 g/mol. The Morgan fingerprint density at radius 2 is 1.81 bits per heavy atom. The molecular formula is C20H27ClFNO3. The highest BCUT2D eigenvalue weighted by molar-refractivity contribution is 6.32. The zero-order valence-corrected chi connectivity index (χ0v) is 16.9. The zero-order chi connectivity index (χ0) is 20.3. The third-order valence-corrected chi connectivity index (χ3v) is 3.12.